The van der Waals surface area contributed by atoms with Gasteiger partial charge in [-0.1, -0.05) is 130 Å². The number of carbonyl (C=O) groups excluding carboxylic acids is 2. The van der Waals surface area contributed by atoms with Crippen LogP contribution in [0, 0.1) is 11.3 Å². The summed E-state index contributed by atoms with van der Waals surface area (Å²) in [6, 6.07) is 39.0. The first-order valence-corrected chi connectivity index (χ1v) is 15.3. The van der Waals surface area contributed by atoms with Gasteiger partial charge in [0.15, 0.2) is 5.78 Å². The number of ketones is 1. The van der Waals surface area contributed by atoms with E-state index in [4.69, 9.17) is 9.72 Å². The van der Waals surface area contributed by atoms with E-state index in [0.29, 0.717) is 30.5 Å². The van der Waals surface area contributed by atoms with Crippen LogP contribution in [0.25, 0.3) is 11.3 Å². The van der Waals surface area contributed by atoms with E-state index < -0.39 is 0 Å². The smallest absolute Gasteiger partial charge is 0.338 e. The first-order valence-electron chi connectivity index (χ1n) is 15.3. The van der Waals surface area contributed by atoms with Gasteiger partial charge in [0.1, 0.15) is 5.82 Å². The Morgan fingerprint density at radius 3 is 1.89 bits per heavy atom. The predicted molar refractivity (Wildman–Crippen MR) is 176 cm³/mol. The fourth-order valence-corrected chi connectivity index (χ4v) is 5.90. The van der Waals surface area contributed by atoms with Gasteiger partial charge in [0.25, 0.3) is 0 Å². The minimum Gasteiger partial charge on any atom is -0.462 e. The molecule has 0 bridgehead atoms. The second-order valence-corrected chi connectivity index (χ2v) is 12.3. The number of esters is 1. The molecule has 0 spiro atoms. The van der Waals surface area contributed by atoms with Crippen molar-refractivity contribution in [2.45, 2.75) is 46.1 Å². The van der Waals surface area contributed by atoms with Crippen LogP contribution < -0.4 is 0 Å². The van der Waals surface area contributed by atoms with Gasteiger partial charge >= 0.3 is 5.97 Å². The van der Waals surface area contributed by atoms with Crippen molar-refractivity contribution in [2.75, 3.05) is 6.61 Å². The maximum Gasteiger partial charge on any atom is 0.338 e. The Morgan fingerprint density at radius 1 is 0.750 bits per heavy atom. The summed E-state index contributed by atoms with van der Waals surface area (Å²) in [6.07, 6.45) is 3.22. The van der Waals surface area contributed by atoms with Crippen molar-refractivity contribution in [3.63, 3.8) is 0 Å². The van der Waals surface area contributed by atoms with Crippen LogP contribution in [0.5, 0.6) is 0 Å². The molecule has 0 N–H and O–H groups in total. The zero-order chi connectivity index (χ0) is 30.9. The molecule has 0 aliphatic carbocycles. The molecule has 0 fully saturated rings. The third-order valence-corrected chi connectivity index (χ3v) is 7.98. The van der Waals surface area contributed by atoms with E-state index in [1.807, 2.05) is 84.9 Å². The molecule has 1 heterocycles. The molecule has 5 nitrogen and oxygen atoms in total. The third-order valence-electron chi connectivity index (χ3n) is 7.98. The van der Waals surface area contributed by atoms with E-state index in [2.05, 4.69) is 55.8 Å². The second kappa shape index (κ2) is 14.1. The largest absolute Gasteiger partial charge is 0.462 e. The lowest BCUT2D eigenvalue weighted by atomic mass is 9.68. The normalized spacial score (nSPS) is 12.8. The highest BCUT2D eigenvalue weighted by Crippen LogP contribution is 2.44. The van der Waals surface area contributed by atoms with Crippen LogP contribution in [-0.4, -0.2) is 27.9 Å². The van der Waals surface area contributed by atoms with Crippen molar-refractivity contribution in [3.05, 3.63) is 150 Å². The molecule has 5 heteroatoms. The number of benzene rings is 4. The lowest BCUT2D eigenvalue weighted by Crippen LogP contribution is -2.34. The Balaban J connectivity index is 1.51. The van der Waals surface area contributed by atoms with Gasteiger partial charge in [-0.2, -0.15) is 0 Å². The van der Waals surface area contributed by atoms with Crippen molar-refractivity contribution in [1.29, 1.82) is 0 Å². The van der Waals surface area contributed by atoms with Crippen molar-refractivity contribution in [2.24, 2.45) is 11.3 Å². The van der Waals surface area contributed by atoms with E-state index in [0.717, 1.165) is 22.6 Å². The Hall–Kier alpha value is -4.77. The Morgan fingerprint density at radius 2 is 1.30 bits per heavy atom. The summed E-state index contributed by atoms with van der Waals surface area (Å²) in [6.45, 7) is 7.42. The summed E-state index contributed by atoms with van der Waals surface area (Å²) in [5, 5.41) is 0. The van der Waals surface area contributed by atoms with Crippen LogP contribution in [0.2, 0.25) is 0 Å². The number of hydrogen-bond acceptors (Lipinski definition) is 4. The first-order chi connectivity index (χ1) is 21.3. The van der Waals surface area contributed by atoms with Gasteiger partial charge in [-0.25, -0.2) is 9.78 Å². The number of Topliss-reactive ketones (excluding diaryl/α,β-unsaturated/α-hetero) is 1. The first kappa shape index (κ1) is 30.7. The molecule has 0 aliphatic rings. The number of aromatic nitrogens is 2. The highest BCUT2D eigenvalue weighted by molar-refractivity contribution is 5.98. The van der Waals surface area contributed by atoms with Gasteiger partial charge in [-0.05, 0) is 36.0 Å². The Labute approximate surface area is 260 Å². The maximum atomic E-state index is 14.4. The van der Waals surface area contributed by atoms with E-state index in [9.17, 15) is 9.59 Å². The minimum atomic E-state index is -0.381. The zero-order valence-corrected chi connectivity index (χ0v) is 25.7. The van der Waals surface area contributed by atoms with Gasteiger partial charge in [0.2, 0.25) is 0 Å². The van der Waals surface area contributed by atoms with Crippen molar-refractivity contribution >= 4 is 11.8 Å². The molecule has 5 aromatic rings. The van der Waals surface area contributed by atoms with Crippen molar-refractivity contribution < 1.29 is 14.3 Å². The van der Waals surface area contributed by atoms with Gasteiger partial charge in [-0.15, -0.1) is 0 Å². The fourth-order valence-electron chi connectivity index (χ4n) is 5.90. The van der Waals surface area contributed by atoms with Gasteiger partial charge in [0, 0.05) is 35.7 Å². The lowest BCUT2D eigenvalue weighted by Gasteiger charge is -2.36. The van der Waals surface area contributed by atoms with Gasteiger partial charge in [0.05, 0.1) is 17.9 Å². The predicted octanol–water partition coefficient (Wildman–Crippen LogP) is 8.86. The van der Waals surface area contributed by atoms with Crippen LogP contribution in [0.3, 0.4) is 0 Å². The zero-order valence-electron chi connectivity index (χ0n) is 25.7. The molecule has 0 saturated heterocycles. The summed E-state index contributed by atoms with van der Waals surface area (Å²) in [4.78, 5) is 32.2. The number of carbonyl (C=O) groups is 2. The van der Waals surface area contributed by atoms with Crippen LogP contribution in [-0.2, 0) is 11.3 Å². The minimum absolute atomic E-state index is 0.0791. The molecule has 224 valence electrons. The summed E-state index contributed by atoms with van der Waals surface area (Å²) in [7, 11) is 0. The standard InChI is InChI=1S/C39H40N2O3/c1-39(2,3)35(37-40-34(30-19-10-5-11-20-30)28-41(37)27-29-17-8-4-9-18-29)33(36(42)31-21-12-6-13-22-31)25-16-26-44-38(43)32-23-14-7-15-24-32/h4-15,17-24,28,33,35H,16,25-27H2,1-3H3/t33?,35-/m0/s1. The molecule has 0 radical (unpaired) electrons. The number of ether oxygens (including phenoxy) is 1. The van der Waals surface area contributed by atoms with E-state index in [1.165, 1.54) is 0 Å². The Kier molecular flexibility index (Phi) is 9.86. The SMILES string of the molecule is CC(C)(C)[C@H](c1nc(-c2ccccc2)cn1Cc1ccccc1)C(CCCOC(=O)c1ccccc1)C(=O)c1ccccc1. The molecule has 0 aliphatic heterocycles. The molecular weight excluding hydrogens is 544 g/mol. The average molecular weight is 585 g/mol. The highest BCUT2D eigenvalue weighted by atomic mass is 16.5. The molecule has 5 rings (SSSR count). The molecular formula is C39H40N2O3. The van der Waals surface area contributed by atoms with Crippen molar-refractivity contribution in [1.82, 2.24) is 9.55 Å². The topological polar surface area (TPSA) is 61.2 Å². The maximum absolute atomic E-state index is 14.4. The quantitative estimate of drug-likeness (QED) is 0.0835. The fraction of sp³-hybridized carbons (Fsp3) is 0.256. The van der Waals surface area contributed by atoms with Gasteiger partial charge < -0.3 is 9.30 Å². The third kappa shape index (κ3) is 7.59. The lowest BCUT2D eigenvalue weighted by molar-refractivity contribution is 0.0486. The van der Waals surface area contributed by atoms with Crippen LogP contribution in [0.15, 0.2) is 128 Å². The van der Waals surface area contributed by atoms with Gasteiger partial charge in [-0.3, -0.25) is 4.79 Å². The monoisotopic (exact) mass is 584 g/mol. The van der Waals surface area contributed by atoms with E-state index in [-0.39, 0.29) is 35.6 Å². The highest BCUT2D eigenvalue weighted by Gasteiger charge is 2.40. The molecule has 4 aromatic carbocycles. The molecule has 2 atom stereocenters. The molecule has 44 heavy (non-hydrogen) atoms. The summed E-state index contributed by atoms with van der Waals surface area (Å²) in [5.41, 5.74) is 3.98. The van der Waals surface area contributed by atoms with Crippen LogP contribution in [0.1, 0.15) is 71.6 Å². The summed E-state index contributed by atoms with van der Waals surface area (Å²) >= 11 is 0. The van der Waals surface area contributed by atoms with Crippen LogP contribution >= 0.6 is 0 Å². The molecule has 0 saturated carbocycles. The Bertz CT molecular complexity index is 1640. The van der Waals surface area contributed by atoms with E-state index in [1.54, 1.807) is 12.1 Å². The van der Waals surface area contributed by atoms with Crippen molar-refractivity contribution in [3.8, 4) is 11.3 Å². The number of imidazole rings is 1. The number of hydrogen-bond donors (Lipinski definition) is 0. The number of nitrogens with zero attached hydrogens (tertiary/aromatic N) is 2. The summed E-state index contributed by atoms with van der Waals surface area (Å²) < 4.78 is 7.85. The second-order valence-electron chi connectivity index (χ2n) is 12.3. The van der Waals surface area contributed by atoms with Crippen LogP contribution in [0.4, 0.5) is 0 Å². The molecule has 0 amide bonds. The van der Waals surface area contributed by atoms with E-state index >= 15 is 0 Å². The average Bonchev–Trinajstić information content (AvgIpc) is 3.45. The molecule has 1 unspecified atom stereocenters. The number of rotatable bonds is 12. The molecule has 1 aromatic heterocycles. The summed E-state index contributed by atoms with van der Waals surface area (Å²) in [5.74, 6) is 0.0237.